The zero-order chi connectivity index (χ0) is 4.41. The Morgan fingerprint density at radius 2 is 2.83 bits per heavy atom. The van der Waals surface area contributed by atoms with E-state index in [1.54, 1.807) is 0 Å². The second-order valence-electron chi connectivity index (χ2n) is 0.760. The highest BCUT2D eigenvalue weighted by atomic mass is 16.5. The number of hydrogen-bond donors (Lipinski definition) is 1. The van der Waals surface area contributed by atoms with E-state index in [0.717, 1.165) is 6.39 Å². The van der Waals surface area contributed by atoms with Crippen molar-refractivity contribution in [2.24, 2.45) is 0 Å². The predicted octanol–water partition coefficient (Wildman–Crippen LogP) is -0.637. The van der Waals surface area contributed by atoms with E-state index in [1.165, 1.54) is 0 Å². The minimum Gasteiger partial charge on any atom is -0.365 e. The van der Waals surface area contributed by atoms with Gasteiger partial charge in [0.1, 0.15) is 0 Å². The van der Waals surface area contributed by atoms with Crippen LogP contribution in [-0.4, -0.2) is 10.1 Å². The number of aromatic amines is 1. The molecule has 4 nitrogen and oxygen atoms in total. The Hall–Kier alpha value is -1.06. The number of aromatic nitrogens is 2. The van der Waals surface area contributed by atoms with E-state index in [4.69, 9.17) is 0 Å². The van der Waals surface area contributed by atoms with Crippen molar-refractivity contribution in [3.63, 3.8) is 0 Å². The largest absolute Gasteiger partial charge is 0.376 e. The van der Waals surface area contributed by atoms with Gasteiger partial charge in [-0.05, 0) is 0 Å². The molecule has 0 unspecified atom stereocenters. The second-order valence-corrected chi connectivity index (χ2v) is 0.760. The summed E-state index contributed by atoms with van der Waals surface area (Å²) >= 11 is 0. The minimum atomic E-state index is -0.449. The van der Waals surface area contributed by atoms with Crippen LogP contribution >= 0.6 is 0 Å². The first kappa shape index (κ1) is 3.14. The average molecular weight is 86.0 g/mol. The molecule has 0 bridgehead atoms. The molecule has 6 heavy (non-hydrogen) atoms. The van der Waals surface area contributed by atoms with Crippen LogP contribution in [0.4, 0.5) is 0 Å². The molecule has 1 aromatic heterocycles. The first-order valence-electron chi connectivity index (χ1n) is 1.38. The third kappa shape index (κ3) is 0.314. The van der Waals surface area contributed by atoms with Gasteiger partial charge in [-0.2, -0.15) is 10.1 Å². The van der Waals surface area contributed by atoms with E-state index in [1.807, 2.05) is 5.16 Å². The smallest absolute Gasteiger partial charge is 0.365 e. The van der Waals surface area contributed by atoms with Crippen LogP contribution in [-0.2, 0) is 0 Å². The van der Waals surface area contributed by atoms with Crippen LogP contribution in [0.1, 0.15) is 0 Å². The van der Waals surface area contributed by atoms with Gasteiger partial charge >= 0.3 is 5.69 Å². The standard InChI is InChI=1S/C2H2N2O2/c5-2-3-1-6-4-2/h1H,(H,4,5). The van der Waals surface area contributed by atoms with E-state index >= 15 is 0 Å². The third-order valence-electron chi connectivity index (χ3n) is 0.369. The normalized spacial score (nSPS) is 8.67. The van der Waals surface area contributed by atoms with Crippen molar-refractivity contribution in [3.8, 4) is 0 Å². The first-order valence-corrected chi connectivity index (χ1v) is 1.38. The van der Waals surface area contributed by atoms with Crippen molar-refractivity contribution in [1.29, 1.82) is 0 Å². The van der Waals surface area contributed by atoms with Gasteiger partial charge in [-0.15, -0.1) is 0 Å². The lowest BCUT2D eigenvalue weighted by Crippen LogP contribution is -1.98. The van der Waals surface area contributed by atoms with Crippen LogP contribution in [0.15, 0.2) is 15.7 Å². The monoisotopic (exact) mass is 86.0 g/mol. The Bertz CT molecular complexity index is 147. The Kier molecular flexibility index (Phi) is 0.506. The Morgan fingerprint density at radius 1 is 2.00 bits per heavy atom. The number of nitrogens with zero attached hydrogens (tertiary/aromatic N) is 1. The summed E-state index contributed by atoms with van der Waals surface area (Å²) < 4.78 is 4.17. The molecule has 1 heterocycles. The molecule has 0 amide bonds. The molecule has 4 heteroatoms. The SMILES string of the molecule is O=c1nco[nH]1. The Labute approximate surface area is 32.8 Å². The van der Waals surface area contributed by atoms with Crippen LogP contribution in [0.3, 0.4) is 0 Å². The van der Waals surface area contributed by atoms with E-state index < -0.39 is 5.69 Å². The minimum absolute atomic E-state index is 0.449. The van der Waals surface area contributed by atoms with Crippen molar-refractivity contribution in [3.05, 3.63) is 16.9 Å². The lowest BCUT2D eigenvalue weighted by atomic mass is 11.3. The molecule has 0 aliphatic heterocycles. The molecule has 0 radical (unpaired) electrons. The zero-order valence-corrected chi connectivity index (χ0v) is 2.84. The molecule has 0 saturated heterocycles. The summed E-state index contributed by atoms with van der Waals surface area (Å²) in [4.78, 5) is 12.9. The van der Waals surface area contributed by atoms with Crippen molar-refractivity contribution in [1.82, 2.24) is 10.1 Å². The maximum atomic E-state index is 9.81. The van der Waals surface area contributed by atoms with Gasteiger partial charge in [-0.3, -0.25) is 0 Å². The Balaban J connectivity index is 3.41. The molecule has 0 aliphatic rings. The molecule has 1 N–H and O–H groups in total. The molecule has 0 fully saturated rings. The highest BCUT2D eigenvalue weighted by Crippen LogP contribution is 1.54. The number of hydrogen-bond acceptors (Lipinski definition) is 3. The van der Waals surface area contributed by atoms with Crippen molar-refractivity contribution in [2.45, 2.75) is 0 Å². The van der Waals surface area contributed by atoms with E-state index in [0.29, 0.717) is 0 Å². The van der Waals surface area contributed by atoms with Gasteiger partial charge in [0.15, 0.2) is 0 Å². The molecule has 32 valence electrons. The quantitative estimate of drug-likeness (QED) is 0.457. The van der Waals surface area contributed by atoms with Gasteiger partial charge in [0.25, 0.3) is 0 Å². The third-order valence-corrected chi connectivity index (χ3v) is 0.369. The highest BCUT2D eigenvalue weighted by molar-refractivity contribution is 4.42. The fourth-order valence-electron chi connectivity index (χ4n) is 0.177. The predicted molar refractivity (Wildman–Crippen MR) is 17.1 cm³/mol. The van der Waals surface area contributed by atoms with E-state index in [-0.39, 0.29) is 0 Å². The van der Waals surface area contributed by atoms with Crippen LogP contribution in [0.2, 0.25) is 0 Å². The van der Waals surface area contributed by atoms with Crippen molar-refractivity contribution < 1.29 is 4.52 Å². The molecular weight excluding hydrogens is 84.0 g/mol. The fraction of sp³-hybridized carbons (Fsp3) is 0. The van der Waals surface area contributed by atoms with Crippen LogP contribution in [0.5, 0.6) is 0 Å². The summed E-state index contributed by atoms with van der Waals surface area (Å²) in [6.07, 6.45) is 1.04. The second kappa shape index (κ2) is 0.965. The van der Waals surface area contributed by atoms with Gasteiger partial charge in [-0.25, -0.2) is 4.79 Å². The van der Waals surface area contributed by atoms with Crippen molar-refractivity contribution in [2.75, 3.05) is 0 Å². The molecule has 0 aromatic carbocycles. The van der Waals surface area contributed by atoms with Crippen LogP contribution < -0.4 is 5.69 Å². The Morgan fingerprint density at radius 3 is 3.00 bits per heavy atom. The summed E-state index contributed by atoms with van der Waals surface area (Å²) in [6, 6.07) is 0. The fourth-order valence-corrected chi connectivity index (χ4v) is 0.177. The summed E-state index contributed by atoms with van der Waals surface area (Å²) in [7, 11) is 0. The maximum Gasteiger partial charge on any atom is 0.376 e. The van der Waals surface area contributed by atoms with Crippen molar-refractivity contribution >= 4 is 0 Å². The van der Waals surface area contributed by atoms with Gasteiger partial charge in [0.2, 0.25) is 6.39 Å². The summed E-state index contributed by atoms with van der Waals surface area (Å²) in [6.45, 7) is 0. The number of H-pyrrole nitrogens is 1. The van der Waals surface area contributed by atoms with E-state index in [9.17, 15) is 4.79 Å². The first-order chi connectivity index (χ1) is 2.89. The molecule has 1 aromatic rings. The van der Waals surface area contributed by atoms with Gasteiger partial charge < -0.3 is 4.52 Å². The molecule has 0 aliphatic carbocycles. The average Bonchev–Trinajstić information content (AvgIpc) is 1.86. The zero-order valence-electron chi connectivity index (χ0n) is 2.84. The topological polar surface area (TPSA) is 58.9 Å². The molecule has 0 atom stereocenters. The van der Waals surface area contributed by atoms with Gasteiger partial charge in [0, 0.05) is 0 Å². The van der Waals surface area contributed by atoms with Gasteiger partial charge in [-0.1, -0.05) is 0 Å². The summed E-state index contributed by atoms with van der Waals surface area (Å²) in [5, 5.41) is 1.96. The van der Waals surface area contributed by atoms with Gasteiger partial charge in [0.05, 0.1) is 0 Å². The lowest BCUT2D eigenvalue weighted by Gasteiger charge is -1.50. The maximum absolute atomic E-state index is 9.81. The number of nitrogens with one attached hydrogen (secondary N) is 1. The summed E-state index contributed by atoms with van der Waals surface area (Å²) in [5.41, 5.74) is -0.449. The highest BCUT2D eigenvalue weighted by Gasteiger charge is 1.74. The molecule has 0 saturated carbocycles. The molecule has 0 spiro atoms. The molecular formula is C2H2N2O2. The van der Waals surface area contributed by atoms with E-state index in [2.05, 4.69) is 9.51 Å². The van der Waals surface area contributed by atoms with Crippen LogP contribution in [0.25, 0.3) is 0 Å². The van der Waals surface area contributed by atoms with Crippen LogP contribution in [0, 0.1) is 0 Å². The summed E-state index contributed by atoms with van der Waals surface area (Å²) in [5.74, 6) is 0. The molecule has 1 rings (SSSR count). The number of rotatable bonds is 0. The lowest BCUT2D eigenvalue weighted by molar-refractivity contribution is 0.411.